The van der Waals surface area contributed by atoms with Crippen molar-refractivity contribution in [3.05, 3.63) is 40.3 Å². The average molecular weight is 559 g/mol. The molecule has 0 amide bonds. The Bertz CT molecular complexity index is 988. The number of hydrogen-bond donors (Lipinski definition) is 2. The number of carboxylic acids is 2. The van der Waals surface area contributed by atoms with Crippen LogP contribution in [-0.4, -0.2) is 80.3 Å². The predicted molar refractivity (Wildman–Crippen MR) is 122 cm³/mol. The van der Waals surface area contributed by atoms with Gasteiger partial charge in [-0.3, -0.25) is 14.5 Å². The highest BCUT2D eigenvalue weighted by Crippen LogP contribution is 2.39. The van der Waals surface area contributed by atoms with Crippen LogP contribution in [-0.2, 0) is 29.7 Å². The summed E-state index contributed by atoms with van der Waals surface area (Å²) in [5.74, 6) is -5.51. The van der Waals surface area contributed by atoms with E-state index in [1.165, 1.54) is 56.6 Å². The van der Waals surface area contributed by atoms with Crippen LogP contribution in [0.5, 0.6) is 0 Å². The minimum atomic E-state index is -5.08. The summed E-state index contributed by atoms with van der Waals surface area (Å²) in [7, 11) is 2.00. The first kappa shape index (κ1) is 30.6. The van der Waals surface area contributed by atoms with E-state index < -0.39 is 24.3 Å². The van der Waals surface area contributed by atoms with E-state index in [1.807, 2.05) is 29.3 Å². The van der Waals surface area contributed by atoms with Crippen LogP contribution in [0.2, 0.25) is 0 Å². The van der Waals surface area contributed by atoms with Gasteiger partial charge in [0.2, 0.25) is 0 Å². The lowest BCUT2D eigenvalue weighted by atomic mass is 9.79. The largest absolute Gasteiger partial charge is 0.490 e. The van der Waals surface area contributed by atoms with Gasteiger partial charge in [0.05, 0.1) is 6.20 Å². The van der Waals surface area contributed by atoms with Gasteiger partial charge < -0.3 is 10.2 Å². The van der Waals surface area contributed by atoms with Crippen LogP contribution in [0.4, 0.5) is 26.3 Å². The number of thiophene rings is 1. The number of piperidine rings is 1. The molecule has 2 saturated heterocycles. The van der Waals surface area contributed by atoms with E-state index in [0.717, 1.165) is 13.1 Å². The molecule has 37 heavy (non-hydrogen) atoms. The predicted octanol–water partition coefficient (Wildman–Crippen LogP) is 4.24. The fourth-order valence-corrected chi connectivity index (χ4v) is 5.05. The molecule has 2 aromatic rings. The lowest BCUT2D eigenvalue weighted by molar-refractivity contribution is -0.193. The number of aromatic nitrogens is 2. The molecule has 4 heterocycles. The first-order chi connectivity index (χ1) is 17.1. The molecule has 2 fully saturated rings. The Kier molecular flexibility index (Phi) is 10.5. The Morgan fingerprint density at radius 2 is 1.51 bits per heavy atom. The molecule has 0 radical (unpaired) electrons. The summed E-state index contributed by atoms with van der Waals surface area (Å²) in [6.07, 6.45) is -1.90. The Labute approximate surface area is 213 Å². The van der Waals surface area contributed by atoms with E-state index in [4.69, 9.17) is 19.8 Å². The zero-order valence-electron chi connectivity index (χ0n) is 19.9. The number of rotatable bonds is 4. The van der Waals surface area contributed by atoms with E-state index in [2.05, 4.69) is 37.9 Å². The second-order valence-electron chi connectivity index (χ2n) is 9.03. The van der Waals surface area contributed by atoms with Crippen LogP contribution >= 0.6 is 11.3 Å². The van der Waals surface area contributed by atoms with Gasteiger partial charge in [0, 0.05) is 45.0 Å². The van der Waals surface area contributed by atoms with Crippen LogP contribution < -0.4 is 0 Å². The molecule has 2 aliphatic heterocycles. The van der Waals surface area contributed by atoms with Gasteiger partial charge in [0.15, 0.2) is 0 Å². The zero-order valence-corrected chi connectivity index (χ0v) is 20.7. The lowest BCUT2D eigenvalue weighted by Crippen LogP contribution is -2.44. The smallest absolute Gasteiger partial charge is 0.475 e. The summed E-state index contributed by atoms with van der Waals surface area (Å²) < 4.78 is 65.4. The molecule has 4 rings (SSSR count). The average Bonchev–Trinajstić information content (AvgIpc) is 3.51. The van der Waals surface area contributed by atoms with E-state index in [1.54, 1.807) is 0 Å². The molecule has 208 valence electrons. The van der Waals surface area contributed by atoms with Gasteiger partial charge in [-0.2, -0.15) is 42.8 Å². The Morgan fingerprint density at radius 1 is 0.973 bits per heavy atom. The van der Waals surface area contributed by atoms with Crippen LogP contribution in [0.15, 0.2) is 29.2 Å². The molecule has 1 spiro atoms. The van der Waals surface area contributed by atoms with Crippen molar-refractivity contribution < 1.29 is 46.1 Å². The quantitative estimate of drug-likeness (QED) is 0.542. The van der Waals surface area contributed by atoms with Crippen molar-refractivity contribution in [1.82, 2.24) is 19.6 Å². The van der Waals surface area contributed by atoms with E-state index in [-0.39, 0.29) is 0 Å². The summed E-state index contributed by atoms with van der Waals surface area (Å²) >= 11 is 1.81. The first-order valence-electron chi connectivity index (χ1n) is 11.1. The number of aliphatic carboxylic acids is 2. The summed E-state index contributed by atoms with van der Waals surface area (Å²) in [5.41, 5.74) is 3.35. The number of hydrogen-bond acceptors (Lipinski definition) is 6. The summed E-state index contributed by atoms with van der Waals surface area (Å²) in [5, 5.41) is 23.0. The fraction of sp³-hybridized carbons (Fsp3) is 0.591. The van der Waals surface area contributed by atoms with E-state index in [0.29, 0.717) is 5.41 Å². The van der Waals surface area contributed by atoms with Crippen molar-refractivity contribution in [1.29, 1.82) is 0 Å². The fourth-order valence-electron chi connectivity index (χ4n) is 4.39. The highest BCUT2D eigenvalue weighted by molar-refractivity contribution is 7.07. The molecule has 1 atom stereocenters. The lowest BCUT2D eigenvalue weighted by Gasteiger charge is -2.40. The Balaban J connectivity index is 0.000000286. The van der Waals surface area contributed by atoms with Crippen molar-refractivity contribution in [3.8, 4) is 0 Å². The van der Waals surface area contributed by atoms with Gasteiger partial charge in [-0.05, 0) is 60.2 Å². The molecule has 8 nitrogen and oxygen atoms in total. The molecule has 0 saturated carbocycles. The van der Waals surface area contributed by atoms with Crippen LogP contribution in [0.1, 0.15) is 30.4 Å². The number of carboxylic acid groups (broad SMARTS) is 2. The van der Waals surface area contributed by atoms with Crippen molar-refractivity contribution in [2.45, 2.75) is 44.7 Å². The van der Waals surface area contributed by atoms with Crippen LogP contribution in [0, 0.1) is 5.41 Å². The topological polar surface area (TPSA) is 98.9 Å². The van der Waals surface area contributed by atoms with Gasteiger partial charge in [0.25, 0.3) is 0 Å². The summed E-state index contributed by atoms with van der Waals surface area (Å²) in [6.45, 7) is 7.21. The SMILES string of the molecule is Cn1cc(CN2CCCC3(CCN(Cc4ccsc4)C3)C2)cn1.O=C(O)C(F)(F)F.O=C(O)C(F)(F)F. The third-order valence-electron chi connectivity index (χ3n) is 5.89. The van der Waals surface area contributed by atoms with Gasteiger partial charge in [-0.1, -0.05) is 0 Å². The number of halogens is 6. The van der Waals surface area contributed by atoms with Crippen LogP contribution in [0.25, 0.3) is 0 Å². The monoisotopic (exact) mass is 558 g/mol. The van der Waals surface area contributed by atoms with Crippen molar-refractivity contribution in [2.75, 3.05) is 26.2 Å². The van der Waals surface area contributed by atoms with Gasteiger partial charge in [-0.25, -0.2) is 9.59 Å². The minimum Gasteiger partial charge on any atom is -0.475 e. The van der Waals surface area contributed by atoms with Crippen molar-refractivity contribution in [2.24, 2.45) is 12.5 Å². The van der Waals surface area contributed by atoms with E-state index in [9.17, 15) is 26.3 Å². The number of alkyl halides is 6. The van der Waals surface area contributed by atoms with Crippen LogP contribution in [0.3, 0.4) is 0 Å². The zero-order chi connectivity index (χ0) is 27.9. The van der Waals surface area contributed by atoms with E-state index >= 15 is 0 Å². The third-order valence-corrected chi connectivity index (χ3v) is 6.63. The molecule has 15 heteroatoms. The maximum atomic E-state index is 10.6. The minimum absolute atomic E-state index is 0.524. The second-order valence-corrected chi connectivity index (χ2v) is 9.81. The molecule has 0 aliphatic carbocycles. The first-order valence-corrected chi connectivity index (χ1v) is 12.1. The molecule has 2 aliphatic rings. The molecule has 2 aromatic heterocycles. The Morgan fingerprint density at radius 3 is 1.97 bits per heavy atom. The maximum Gasteiger partial charge on any atom is 0.490 e. The standard InChI is InChI=1S/C18H26N4S.2C2HF3O2/c1-20-10-17(9-19-20)12-21-6-2-4-18(14-21)5-7-22(15-18)11-16-3-8-23-13-16;2*3-2(4,5)1(6)7/h3,8-10,13H,2,4-7,11-12,14-15H2,1H3;2*(H,6,7). The molecular formula is C22H28F6N4O4S. The molecular weight excluding hydrogens is 530 g/mol. The maximum absolute atomic E-state index is 10.6. The second kappa shape index (κ2) is 12.7. The molecule has 2 N–H and O–H groups in total. The third kappa shape index (κ3) is 10.3. The summed E-state index contributed by atoms with van der Waals surface area (Å²) in [6, 6.07) is 2.27. The Hall–Kier alpha value is -2.65. The number of aryl methyl sites for hydroxylation is 1. The molecule has 0 bridgehead atoms. The molecule has 1 unspecified atom stereocenters. The summed E-state index contributed by atoms with van der Waals surface area (Å²) in [4.78, 5) is 23.1. The van der Waals surface area contributed by atoms with Crippen molar-refractivity contribution in [3.63, 3.8) is 0 Å². The van der Waals surface area contributed by atoms with Gasteiger partial charge in [0.1, 0.15) is 0 Å². The highest BCUT2D eigenvalue weighted by Gasteiger charge is 2.41. The number of carbonyl (C=O) groups is 2. The number of likely N-dealkylation sites (tertiary alicyclic amines) is 2. The van der Waals surface area contributed by atoms with Crippen molar-refractivity contribution >= 4 is 23.3 Å². The van der Waals surface area contributed by atoms with Gasteiger partial charge >= 0.3 is 24.3 Å². The van der Waals surface area contributed by atoms with Gasteiger partial charge in [-0.15, -0.1) is 0 Å². The highest BCUT2D eigenvalue weighted by atomic mass is 32.1. The molecule has 0 aromatic carbocycles. The number of nitrogens with zero attached hydrogens (tertiary/aromatic N) is 4. The normalized spacial score (nSPS) is 20.6.